The summed E-state index contributed by atoms with van der Waals surface area (Å²) in [5.41, 5.74) is 0. The minimum atomic E-state index is -0.888. The molecular weight excluding hydrogens is 276 g/mol. The van der Waals surface area contributed by atoms with E-state index in [4.69, 9.17) is 0 Å². The molecule has 2 aliphatic rings. The van der Waals surface area contributed by atoms with Crippen molar-refractivity contribution in [3.63, 3.8) is 0 Å². The summed E-state index contributed by atoms with van der Waals surface area (Å²) in [4.78, 5) is 27.5. The highest BCUT2D eigenvalue weighted by Crippen LogP contribution is 2.33. The molecule has 5 nitrogen and oxygen atoms in total. The molecule has 0 radical (unpaired) electrons. The zero-order chi connectivity index (χ0) is 14.7. The second kappa shape index (κ2) is 6.70. The van der Waals surface area contributed by atoms with Gasteiger partial charge in [0, 0.05) is 18.8 Å². The van der Waals surface area contributed by atoms with E-state index in [0.29, 0.717) is 18.2 Å². The van der Waals surface area contributed by atoms with Crippen molar-refractivity contribution >= 4 is 23.8 Å². The molecular formula is C14H24N2O3S. The third kappa shape index (κ3) is 3.05. The van der Waals surface area contributed by atoms with Gasteiger partial charge in [-0.1, -0.05) is 13.3 Å². The van der Waals surface area contributed by atoms with E-state index in [1.54, 1.807) is 16.7 Å². The Morgan fingerprint density at radius 1 is 1.35 bits per heavy atom. The maximum Gasteiger partial charge on any atom is 0.327 e. The summed E-state index contributed by atoms with van der Waals surface area (Å²) in [6.45, 7) is 5.40. The van der Waals surface area contributed by atoms with Crippen LogP contribution in [0.2, 0.25) is 0 Å². The van der Waals surface area contributed by atoms with E-state index in [1.807, 2.05) is 18.7 Å². The van der Waals surface area contributed by atoms with Crippen molar-refractivity contribution in [1.29, 1.82) is 0 Å². The Kier molecular flexibility index (Phi) is 5.18. The van der Waals surface area contributed by atoms with Gasteiger partial charge in [-0.05, 0) is 32.1 Å². The summed E-state index contributed by atoms with van der Waals surface area (Å²) in [6.07, 6.45) is 4.43. The standard InChI is InChI=1S/C14H24N2O3S/c1-3-12-16(11(9-20-12)13(17)18)14(19)15(4-2)8-10-6-5-7-10/h10-12H,3-9H2,1-2H3,(H,17,18). The molecule has 1 aliphatic carbocycles. The van der Waals surface area contributed by atoms with E-state index in [9.17, 15) is 14.7 Å². The van der Waals surface area contributed by atoms with E-state index < -0.39 is 12.0 Å². The van der Waals surface area contributed by atoms with E-state index in [1.165, 1.54) is 19.3 Å². The second-order valence-electron chi connectivity index (χ2n) is 5.58. The Labute approximate surface area is 124 Å². The number of carbonyl (C=O) groups excluding carboxylic acids is 1. The number of carbonyl (C=O) groups is 2. The van der Waals surface area contributed by atoms with Crippen molar-refractivity contribution in [1.82, 2.24) is 9.80 Å². The first-order valence-electron chi connectivity index (χ1n) is 7.50. The van der Waals surface area contributed by atoms with Gasteiger partial charge in [0.25, 0.3) is 0 Å². The number of hydrogen-bond acceptors (Lipinski definition) is 3. The Balaban J connectivity index is 2.07. The predicted octanol–water partition coefficient (Wildman–Crippen LogP) is 2.47. The van der Waals surface area contributed by atoms with Crippen molar-refractivity contribution in [2.75, 3.05) is 18.8 Å². The Morgan fingerprint density at radius 3 is 2.50 bits per heavy atom. The largest absolute Gasteiger partial charge is 0.480 e. The lowest BCUT2D eigenvalue weighted by molar-refractivity contribution is -0.141. The molecule has 2 atom stereocenters. The molecule has 114 valence electrons. The lowest BCUT2D eigenvalue weighted by Crippen LogP contribution is -2.52. The van der Waals surface area contributed by atoms with Gasteiger partial charge < -0.3 is 10.0 Å². The van der Waals surface area contributed by atoms with Crippen LogP contribution in [0.25, 0.3) is 0 Å². The molecule has 2 rings (SSSR count). The Hall–Kier alpha value is -0.910. The Bertz CT molecular complexity index is 373. The first-order chi connectivity index (χ1) is 9.58. The third-order valence-corrected chi connectivity index (χ3v) is 5.76. The molecule has 1 N–H and O–H groups in total. The first kappa shape index (κ1) is 15.5. The van der Waals surface area contributed by atoms with Gasteiger partial charge in [0.05, 0.1) is 5.37 Å². The fourth-order valence-corrected chi connectivity index (χ4v) is 4.16. The van der Waals surface area contributed by atoms with Crippen molar-refractivity contribution in [2.24, 2.45) is 5.92 Å². The normalized spacial score (nSPS) is 26.4. The number of hydrogen-bond donors (Lipinski definition) is 1. The number of urea groups is 1. The number of aliphatic carboxylic acids is 1. The number of amides is 2. The van der Waals surface area contributed by atoms with Crippen LogP contribution in [0.5, 0.6) is 0 Å². The molecule has 1 aliphatic heterocycles. The fourth-order valence-electron chi connectivity index (χ4n) is 2.82. The molecule has 1 heterocycles. The SMILES string of the molecule is CCC1SCC(C(=O)O)N1C(=O)N(CC)CC1CCC1. The summed E-state index contributed by atoms with van der Waals surface area (Å²) in [5, 5.41) is 9.31. The van der Waals surface area contributed by atoms with Gasteiger partial charge in [-0.3, -0.25) is 4.90 Å². The smallest absolute Gasteiger partial charge is 0.327 e. The van der Waals surface area contributed by atoms with E-state index in [0.717, 1.165) is 13.0 Å². The van der Waals surface area contributed by atoms with E-state index in [-0.39, 0.29) is 11.4 Å². The molecule has 2 unspecified atom stereocenters. The average Bonchev–Trinajstić information content (AvgIpc) is 2.80. The lowest BCUT2D eigenvalue weighted by atomic mass is 9.85. The van der Waals surface area contributed by atoms with Gasteiger partial charge in [-0.2, -0.15) is 0 Å². The van der Waals surface area contributed by atoms with Gasteiger partial charge in [-0.15, -0.1) is 11.8 Å². The van der Waals surface area contributed by atoms with Gasteiger partial charge in [0.1, 0.15) is 6.04 Å². The molecule has 2 amide bonds. The minimum absolute atomic E-state index is 0.000888. The summed E-state index contributed by atoms with van der Waals surface area (Å²) in [6, 6.07) is -0.767. The zero-order valence-corrected chi connectivity index (χ0v) is 13.1. The summed E-state index contributed by atoms with van der Waals surface area (Å²) < 4.78 is 0. The van der Waals surface area contributed by atoms with E-state index >= 15 is 0 Å². The highest BCUT2D eigenvalue weighted by Gasteiger charge is 2.42. The van der Waals surface area contributed by atoms with Crippen LogP contribution in [0.3, 0.4) is 0 Å². The van der Waals surface area contributed by atoms with Crippen LogP contribution in [-0.4, -0.2) is 57.2 Å². The van der Waals surface area contributed by atoms with Gasteiger partial charge in [0.2, 0.25) is 0 Å². The number of rotatable bonds is 5. The Morgan fingerprint density at radius 2 is 2.05 bits per heavy atom. The van der Waals surface area contributed by atoms with E-state index in [2.05, 4.69) is 0 Å². The second-order valence-corrected chi connectivity index (χ2v) is 6.79. The molecule has 1 saturated heterocycles. The van der Waals surface area contributed by atoms with Crippen LogP contribution >= 0.6 is 11.8 Å². The highest BCUT2D eigenvalue weighted by atomic mass is 32.2. The van der Waals surface area contributed by atoms with Crippen LogP contribution in [-0.2, 0) is 4.79 Å². The molecule has 2 fully saturated rings. The fraction of sp³-hybridized carbons (Fsp3) is 0.857. The third-order valence-electron chi connectivity index (χ3n) is 4.30. The molecule has 0 bridgehead atoms. The molecule has 6 heteroatoms. The summed E-state index contributed by atoms with van der Waals surface area (Å²) in [7, 11) is 0. The molecule has 0 aromatic rings. The lowest BCUT2D eigenvalue weighted by Gasteiger charge is -2.36. The van der Waals surface area contributed by atoms with Crippen molar-refractivity contribution in [3.05, 3.63) is 0 Å². The average molecular weight is 300 g/mol. The van der Waals surface area contributed by atoms with Crippen LogP contribution in [0.4, 0.5) is 4.79 Å². The molecule has 0 spiro atoms. The number of nitrogens with zero attached hydrogens (tertiary/aromatic N) is 2. The predicted molar refractivity (Wildman–Crippen MR) is 79.8 cm³/mol. The van der Waals surface area contributed by atoms with Crippen molar-refractivity contribution in [3.8, 4) is 0 Å². The molecule has 0 aromatic carbocycles. The highest BCUT2D eigenvalue weighted by molar-refractivity contribution is 8.00. The van der Waals surface area contributed by atoms with Crippen molar-refractivity contribution in [2.45, 2.75) is 50.9 Å². The van der Waals surface area contributed by atoms with Crippen LogP contribution < -0.4 is 0 Å². The van der Waals surface area contributed by atoms with Crippen LogP contribution in [0.15, 0.2) is 0 Å². The first-order valence-corrected chi connectivity index (χ1v) is 8.55. The zero-order valence-electron chi connectivity index (χ0n) is 12.2. The monoisotopic (exact) mass is 300 g/mol. The minimum Gasteiger partial charge on any atom is -0.480 e. The number of carboxylic acid groups (broad SMARTS) is 1. The maximum absolute atomic E-state index is 12.7. The van der Waals surface area contributed by atoms with Gasteiger partial charge >= 0.3 is 12.0 Å². The van der Waals surface area contributed by atoms with Crippen LogP contribution in [0, 0.1) is 5.92 Å². The van der Waals surface area contributed by atoms with Crippen molar-refractivity contribution < 1.29 is 14.7 Å². The number of carboxylic acids is 1. The quantitative estimate of drug-likeness (QED) is 0.847. The maximum atomic E-state index is 12.7. The molecule has 1 saturated carbocycles. The molecule has 20 heavy (non-hydrogen) atoms. The summed E-state index contributed by atoms with van der Waals surface area (Å²) in [5.74, 6) is 0.222. The topological polar surface area (TPSA) is 60.9 Å². The molecule has 0 aromatic heterocycles. The number of thioether (sulfide) groups is 1. The summed E-state index contributed by atoms with van der Waals surface area (Å²) >= 11 is 1.58. The van der Waals surface area contributed by atoms with Gasteiger partial charge in [0.15, 0.2) is 0 Å². The van der Waals surface area contributed by atoms with Crippen LogP contribution in [0.1, 0.15) is 39.5 Å². The van der Waals surface area contributed by atoms with Gasteiger partial charge in [-0.25, -0.2) is 9.59 Å².